The van der Waals surface area contributed by atoms with Crippen LogP contribution in [0, 0.1) is 5.82 Å². The first kappa shape index (κ1) is 12.8. The lowest BCUT2D eigenvalue weighted by atomic mass is 10.1. The van der Waals surface area contributed by atoms with Crippen LogP contribution in [-0.2, 0) is 0 Å². The van der Waals surface area contributed by atoms with Crippen LogP contribution in [0.25, 0.3) is 22.4 Å². The van der Waals surface area contributed by atoms with E-state index in [1.165, 1.54) is 12.1 Å². The molecule has 0 radical (unpaired) electrons. The van der Waals surface area contributed by atoms with Crippen molar-refractivity contribution < 1.29 is 4.39 Å². The molecule has 0 atom stereocenters. The molecule has 0 amide bonds. The molecule has 5 heteroatoms. The zero-order valence-electron chi connectivity index (χ0n) is 11.2. The SMILES string of the molecule is Nc1c(Br)cccc1-c1nc2cc(F)ccc2n1C1CC1. The monoisotopic (exact) mass is 345 g/mol. The van der Waals surface area contributed by atoms with E-state index < -0.39 is 0 Å². The number of hydrogen-bond donors (Lipinski definition) is 1. The average molecular weight is 346 g/mol. The summed E-state index contributed by atoms with van der Waals surface area (Å²) in [4.78, 5) is 4.63. The number of imidazole rings is 1. The first-order chi connectivity index (χ1) is 10.1. The fraction of sp³-hybridized carbons (Fsp3) is 0.188. The Balaban J connectivity index is 2.03. The van der Waals surface area contributed by atoms with Crippen LogP contribution in [0.1, 0.15) is 18.9 Å². The molecule has 1 aromatic heterocycles. The van der Waals surface area contributed by atoms with Crippen molar-refractivity contribution in [2.45, 2.75) is 18.9 Å². The quantitative estimate of drug-likeness (QED) is 0.693. The summed E-state index contributed by atoms with van der Waals surface area (Å²) in [5.74, 6) is 0.550. The molecule has 21 heavy (non-hydrogen) atoms. The van der Waals surface area contributed by atoms with E-state index in [-0.39, 0.29) is 5.82 Å². The molecule has 2 N–H and O–H groups in total. The van der Waals surface area contributed by atoms with Crippen molar-refractivity contribution in [3.63, 3.8) is 0 Å². The summed E-state index contributed by atoms with van der Waals surface area (Å²) >= 11 is 3.45. The Labute approximate surface area is 129 Å². The number of benzene rings is 2. The number of nitrogen functional groups attached to an aromatic ring is 1. The van der Waals surface area contributed by atoms with E-state index in [1.54, 1.807) is 6.07 Å². The number of para-hydroxylation sites is 1. The Bertz CT molecular complexity index is 852. The molecule has 1 aliphatic rings. The molecule has 0 aliphatic heterocycles. The van der Waals surface area contributed by atoms with Gasteiger partial charge in [-0.3, -0.25) is 0 Å². The molecule has 0 saturated heterocycles. The summed E-state index contributed by atoms with van der Waals surface area (Å²) in [5.41, 5.74) is 9.37. The molecule has 0 unspecified atom stereocenters. The minimum Gasteiger partial charge on any atom is -0.397 e. The molecule has 0 spiro atoms. The molecule has 1 aliphatic carbocycles. The van der Waals surface area contributed by atoms with Gasteiger partial charge in [0.2, 0.25) is 0 Å². The van der Waals surface area contributed by atoms with Gasteiger partial charge in [0.15, 0.2) is 0 Å². The van der Waals surface area contributed by atoms with Crippen LogP contribution in [0.2, 0.25) is 0 Å². The van der Waals surface area contributed by atoms with E-state index >= 15 is 0 Å². The maximum Gasteiger partial charge on any atom is 0.143 e. The van der Waals surface area contributed by atoms with Crippen molar-refractivity contribution in [1.82, 2.24) is 9.55 Å². The topological polar surface area (TPSA) is 43.8 Å². The Hall–Kier alpha value is -1.88. The van der Waals surface area contributed by atoms with Gasteiger partial charge in [0.1, 0.15) is 11.6 Å². The van der Waals surface area contributed by atoms with Crippen LogP contribution in [0.4, 0.5) is 10.1 Å². The molecular weight excluding hydrogens is 333 g/mol. The maximum absolute atomic E-state index is 13.5. The third kappa shape index (κ3) is 2.03. The van der Waals surface area contributed by atoms with E-state index in [0.29, 0.717) is 17.2 Å². The van der Waals surface area contributed by atoms with Gasteiger partial charge in [-0.2, -0.15) is 0 Å². The molecule has 1 heterocycles. The third-order valence-corrected chi connectivity index (χ3v) is 4.55. The second-order valence-electron chi connectivity index (χ2n) is 5.37. The molecule has 3 nitrogen and oxygen atoms in total. The highest BCUT2D eigenvalue weighted by atomic mass is 79.9. The second-order valence-corrected chi connectivity index (χ2v) is 6.23. The normalized spacial score (nSPS) is 14.8. The van der Waals surface area contributed by atoms with Crippen molar-refractivity contribution >= 4 is 32.7 Å². The summed E-state index contributed by atoms with van der Waals surface area (Å²) in [6.07, 6.45) is 2.26. The number of fused-ring (bicyclic) bond motifs is 1. The largest absolute Gasteiger partial charge is 0.397 e. The summed E-state index contributed by atoms with van der Waals surface area (Å²) in [6.45, 7) is 0. The maximum atomic E-state index is 13.5. The highest BCUT2D eigenvalue weighted by Crippen LogP contribution is 2.43. The van der Waals surface area contributed by atoms with Gasteiger partial charge in [0, 0.05) is 22.1 Å². The Morgan fingerprint density at radius 2 is 2.05 bits per heavy atom. The van der Waals surface area contributed by atoms with E-state index in [0.717, 1.165) is 34.2 Å². The Morgan fingerprint density at radius 1 is 1.24 bits per heavy atom. The van der Waals surface area contributed by atoms with Gasteiger partial charge >= 0.3 is 0 Å². The Morgan fingerprint density at radius 3 is 2.81 bits per heavy atom. The fourth-order valence-electron chi connectivity index (χ4n) is 2.70. The molecule has 2 aromatic carbocycles. The first-order valence-corrected chi connectivity index (χ1v) is 7.66. The number of anilines is 1. The molecule has 3 aromatic rings. The fourth-order valence-corrected chi connectivity index (χ4v) is 3.06. The molecule has 4 rings (SSSR count). The third-order valence-electron chi connectivity index (χ3n) is 3.86. The smallest absolute Gasteiger partial charge is 0.143 e. The average Bonchev–Trinajstić information content (AvgIpc) is 3.23. The number of aromatic nitrogens is 2. The second kappa shape index (κ2) is 4.56. The Kier molecular flexibility index (Phi) is 2.79. The van der Waals surface area contributed by atoms with Crippen LogP contribution >= 0.6 is 15.9 Å². The lowest BCUT2D eigenvalue weighted by Crippen LogP contribution is -2.00. The lowest BCUT2D eigenvalue weighted by molar-refractivity contribution is 0.629. The van der Waals surface area contributed by atoms with Gasteiger partial charge in [-0.25, -0.2) is 9.37 Å². The summed E-state index contributed by atoms with van der Waals surface area (Å²) in [7, 11) is 0. The molecule has 106 valence electrons. The van der Waals surface area contributed by atoms with Crippen molar-refractivity contribution in [3.8, 4) is 11.4 Å². The van der Waals surface area contributed by atoms with Gasteiger partial charge in [-0.05, 0) is 53.0 Å². The van der Waals surface area contributed by atoms with E-state index in [4.69, 9.17) is 5.73 Å². The van der Waals surface area contributed by atoms with E-state index in [2.05, 4.69) is 25.5 Å². The van der Waals surface area contributed by atoms with Crippen LogP contribution in [0.5, 0.6) is 0 Å². The van der Waals surface area contributed by atoms with Gasteiger partial charge in [-0.15, -0.1) is 0 Å². The van der Waals surface area contributed by atoms with Crippen LogP contribution < -0.4 is 5.73 Å². The summed E-state index contributed by atoms with van der Waals surface area (Å²) < 4.78 is 16.5. The molecule has 0 bridgehead atoms. The van der Waals surface area contributed by atoms with Crippen molar-refractivity contribution in [1.29, 1.82) is 0 Å². The van der Waals surface area contributed by atoms with E-state index in [9.17, 15) is 4.39 Å². The van der Waals surface area contributed by atoms with E-state index in [1.807, 2.05) is 18.2 Å². The highest BCUT2D eigenvalue weighted by Gasteiger charge is 2.29. The zero-order valence-corrected chi connectivity index (χ0v) is 12.8. The zero-order chi connectivity index (χ0) is 14.6. The number of nitrogens with two attached hydrogens (primary N) is 1. The van der Waals surface area contributed by atoms with Crippen molar-refractivity contribution in [2.24, 2.45) is 0 Å². The predicted octanol–water partition coefficient (Wildman–Crippen LogP) is 4.52. The summed E-state index contributed by atoms with van der Waals surface area (Å²) in [5, 5.41) is 0. The van der Waals surface area contributed by atoms with Crippen LogP contribution in [0.15, 0.2) is 40.9 Å². The molecule has 1 fully saturated rings. The molecule has 1 saturated carbocycles. The van der Waals surface area contributed by atoms with Gasteiger partial charge in [-0.1, -0.05) is 6.07 Å². The summed E-state index contributed by atoms with van der Waals surface area (Å²) in [6, 6.07) is 11.0. The van der Waals surface area contributed by atoms with Gasteiger partial charge in [0.05, 0.1) is 16.7 Å². The first-order valence-electron chi connectivity index (χ1n) is 6.87. The minimum atomic E-state index is -0.267. The van der Waals surface area contributed by atoms with Crippen LogP contribution in [0.3, 0.4) is 0 Å². The number of hydrogen-bond acceptors (Lipinski definition) is 2. The number of rotatable bonds is 2. The molecular formula is C16H13BrFN3. The predicted molar refractivity (Wildman–Crippen MR) is 85.5 cm³/mol. The standard InChI is InChI=1S/C16H13BrFN3/c17-12-3-1-2-11(15(12)19)16-20-13-8-9(18)4-7-14(13)21(16)10-5-6-10/h1-4,7-8,10H,5-6,19H2. The van der Waals surface area contributed by atoms with Crippen molar-refractivity contribution in [3.05, 3.63) is 46.7 Å². The van der Waals surface area contributed by atoms with Crippen molar-refractivity contribution in [2.75, 3.05) is 5.73 Å². The minimum absolute atomic E-state index is 0.267. The lowest BCUT2D eigenvalue weighted by Gasteiger charge is -2.10. The number of nitrogens with zero attached hydrogens (tertiary/aromatic N) is 2. The van der Waals surface area contributed by atoms with Gasteiger partial charge < -0.3 is 10.3 Å². The number of halogens is 2. The van der Waals surface area contributed by atoms with Crippen LogP contribution in [-0.4, -0.2) is 9.55 Å². The highest BCUT2D eigenvalue weighted by molar-refractivity contribution is 9.10. The van der Waals surface area contributed by atoms with Gasteiger partial charge in [0.25, 0.3) is 0 Å².